The molecular formula is C13H27Cl2PPd. The Kier molecular flexibility index (Phi) is 15.5. The van der Waals surface area contributed by atoms with Crippen LogP contribution < -0.4 is 0 Å². The van der Waals surface area contributed by atoms with Gasteiger partial charge < -0.3 is 0 Å². The fourth-order valence-corrected chi connectivity index (χ4v) is 5.96. The molecule has 1 rings (SSSR count). The zero-order chi connectivity index (χ0) is 12.9. The van der Waals surface area contributed by atoms with Gasteiger partial charge >= 0.3 is 35.0 Å². The van der Waals surface area contributed by atoms with Gasteiger partial charge in [0, 0.05) is 0 Å². The van der Waals surface area contributed by atoms with Crippen molar-refractivity contribution in [2.75, 3.05) is 12.3 Å². The van der Waals surface area contributed by atoms with Gasteiger partial charge in [0.15, 0.2) is 0 Å². The molecule has 0 nitrogen and oxygen atoms in total. The van der Waals surface area contributed by atoms with E-state index in [0.717, 1.165) is 0 Å². The van der Waals surface area contributed by atoms with Crippen LogP contribution in [0.15, 0.2) is 0 Å². The molecule has 1 fully saturated rings. The molecular weight excluding hydrogens is 364 g/mol. The summed E-state index contributed by atoms with van der Waals surface area (Å²) < 4.78 is 0. The predicted octanol–water partition coefficient (Wildman–Crippen LogP) is 6.39. The molecule has 1 aliphatic rings. The molecule has 0 radical (unpaired) electrons. The number of unbranched alkanes of at least 4 members (excludes halogenated alkanes) is 2. The normalized spacial score (nSPS) is 16.3. The molecule has 108 valence electrons. The van der Waals surface area contributed by atoms with Crippen LogP contribution in [0.5, 0.6) is 0 Å². The Labute approximate surface area is 125 Å². The fourth-order valence-electron chi connectivity index (χ4n) is 2.47. The van der Waals surface area contributed by atoms with Crippen molar-refractivity contribution in [1.29, 1.82) is 0 Å². The summed E-state index contributed by atoms with van der Waals surface area (Å²) in [5.41, 5.74) is 1.17. The maximum absolute atomic E-state index is 4.81. The Bertz CT molecular complexity index is 144. The van der Waals surface area contributed by atoms with E-state index < -0.39 is 0 Å². The van der Waals surface area contributed by atoms with Crippen molar-refractivity contribution in [1.82, 2.24) is 0 Å². The Morgan fingerprint density at radius 3 is 1.76 bits per heavy atom. The molecule has 1 aliphatic carbocycles. The summed E-state index contributed by atoms with van der Waals surface area (Å²) >= 11 is -0.106. The second-order valence-electron chi connectivity index (χ2n) is 4.73. The van der Waals surface area contributed by atoms with E-state index in [9.17, 15) is 0 Å². The van der Waals surface area contributed by atoms with Gasteiger partial charge in [-0.15, -0.1) is 7.92 Å². The Balaban J connectivity index is 0.000000770. The van der Waals surface area contributed by atoms with Crippen molar-refractivity contribution in [2.45, 2.75) is 70.9 Å². The molecule has 1 saturated carbocycles. The Morgan fingerprint density at radius 2 is 1.41 bits per heavy atom. The zero-order valence-corrected chi connectivity index (χ0v) is 15.1. The molecule has 0 aromatic carbocycles. The summed E-state index contributed by atoms with van der Waals surface area (Å²) in [5.74, 6) is 0. The molecule has 17 heavy (non-hydrogen) atoms. The first-order valence-electron chi connectivity index (χ1n) is 6.86. The Morgan fingerprint density at radius 1 is 1.00 bits per heavy atom. The molecule has 0 aliphatic heterocycles. The number of halogens is 2. The fraction of sp³-hybridized carbons (Fsp3) is 1.00. The van der Waals surface area contributed by atoms with Crippen LogP contribution in [0.4, 0.5) is 0 Å². The van der Waals surface area contributed by atoms with Crippen LogP contribution in [-0.2, 0) is 15.9 Å². The van der Waals surface area contributed by atoms with Crippen LogP contribution in [0.25, 0.3) is 0 Å². The van der Waals surface area contributed by atoms with Gasteiger partial charge in [0.25, 0.3) is 0 Å². The summed E-state index contributed by atoms with van der Waals surface area (Å²) in [6.07, 6.45) is 15.1. The summed E-state index contributed by atoms with van der Waals surface area (Å²) in [4.78, 5) is 0. The van der Waals surface area contributed by atoms with Crippen LogP contribution in [0.3, 0.4) is 0 Å². The number of rotatable bonds is 7. The van der Waals surface area contributed by atoms with E-state index in [1.807, 2.05) is 0 Å². The molecule has 0 bridgehead atoms. The van der Waals surface area contributed by atoms with Crippen LogP contribution in [0.1, 0.15) is 65.2 Å². The number of hydrogen-bond donors (Lipinski definition) is 0. The average molecular weight is 392 g/mol. The van der Waals surface area contributed by atoms with Crippen LogP contribution in [-0.4, -0.2) is 18.0 Å². The second kappa shape index (κ2) is 14.1. The third-order valence-electron chi connectivity index (χ3n) is 3.44. The van der Waals surface area contributed by atoms with Gasteiger partial charge in [-0.05, 0) is 43.7 Å². The van der Waals surface area contributed by atoms with Gasteiger partial charge in [-0.1, -0.05) is 39.5 Å². The van der Waals surface area contributed by atoms with Crippen molar-refractivity contribution in [3.8, 4) is 0 Å². The van der Waals surface area contributed by atoms with Crippen LogP contribution in [0.2, 0.25) is 0 Å². The third-order valence-corrected chi connectivity index (χ3v) is 6.77. The van der Waals surface area contributed by atoms with Crippen molar-refractivity contribution >= 4 is 27.0 Å². The van der Waals surface area contributed by atoms with E-state index in [-0.39, 0.29) is 15.9 Å². The van der Waals surface area contributed by atoms with E-state index in [0.29, 0.717) is 7.92 Å². The van der Waals surface area contributed by atoms with Crippen LogP contribution >= 0.6 is 27.0 Å². The van der Waals surface area contributed by atoms with Gasteiger partial charge in [0.1, 0.15) is 0 Å². The third kappa shape index (κ3) is 10.2. The van der Waals surface area contributed by atoms with E-state index in [2.05, 4.69) is 13.8 Å². The molecule has 0 aromatic heterocycles. The first-order chi connectivity index (χ1) is 8.29. The monoisotopic (exact) mass is 390 g/mol. The molecule has 0 atom stereocenters. The minimum absolute atomic E-state index is 0.106. The van der Waals surface area contributed by atoms with Crippen molar-refractivity contribution < 1.29 is 15.9 Å². The molecule has 0 N–H and O–H groups in total. The molecule has 0 amide bonds. The number of hydrogen-bond acceptors (Lipinski definition) is 0. The van der Waals surface area contributed by atoms with Crippen molar-refractivity contribution in [2.24, 2.45) is 0 Å². The van der Waals surface area contributed by atoms with Gasteiger partial charge in [-0.2, -0.15) is 0 Å². The van der Waals surface area contributed by atoms with Gasteiger partial charge in [-0.3, -0.25) is 0 Å². The second-order valence-corrected chi connectivity index (χ2v) is 9.89. The van der Waals surface area contributed by atoms with Crippen LogP contribution in [0, 0.1) is 0 Å². The van der Waals surface area contributed by atoms with E-state index in [4.69, 9.17) is 19.1 Å². The van der Waals surface area contributed by atoms with Crippen molar-refractivity contribution in [3.63, 3.8) is 0 Å². The standard InChI is InChI=1S/C13H27P.2ClH.Pd/c1-3-5-11-14(12-6-4-2)13-9-7-8-10-13;;;/h13H,3-12H2,1-2H3;2*1H;/q;;;+2/p-2. The quantitative estimate of drug-likeness (QED) is 0.348. The molecule has 0 aromatic rings. The molecule has 0 saturated heterocycles. The average Bonchev–Trinajstić information content (AvgIpc) is 2.84. The molecule has 4 heteroatoms. The topological polar surface area (TPSA) is 0 Å². The minimum atomic E-state index is -0.106. The van der Waals surface area contributed by atoms with Gasteiger partial charge in [0.05, 0.1) is 0 Å². The van der Waals surface area contributed by atoms with Gasteiger partial charge in [-0.25, -0.2) is 0 Å². The molecule has 0 unspecified atom stereocenters. The summed E-state index contributed by atoms with van der Waals surface area (Å²) in [5, 5.41) is 0. The van der Waals surface area contributed by atoms with Crippen molar-refractivity contribution in [3.05, 3.63) is 0 Å². The summed E-state index contributed by atoms with van der Waals surface area (Å²) in [6, 6.07) is 0. The van der Waals surface area contributed by atoms with E-state index in [1.165, 1.54) is 44.2 Å². The summed E-state index contributed by atoms with van der Waals surface area (Å²) in [6.45, 7) is 4.67. The van der Waals surface area contributed by atoms with E-state index >= 15 is 0 Å². The first kappa shape index (κ1) is 18.7. The van der Waals surface area contributed by atoms with E-state index in [1.54, 1.807) is 25.2 Å². The first-order valence-corrected chi connectivity index (χ1v) is 12.6. The van der Waals surface area contributed by atoms with Gasteiger partial charge in [0.2, 0.25) is 0 Å². The maximum atomic E-state index is 4.81. The predicted molar refractivity (Wildman–Crippen MR) is 80.4 cm³/mol. The Hall–Kier alpha value is 1.67. The molecule has 0 heterocycles. The SMILES string of the molecule is CCCCP(CCCC)C1CCCC1.[Cl][Pd][Cl]. The molecule has 0 spiro atoms. The summed E-state index contributed by atoms with van der Waals surface area (Å²) in [7, 11) is 10.1. The zero-order valence-electron chi connectivity index (χ0n) is 11.2.